The van der Waals surface area contributed by atoms with E-state index in [1.54, 1.807) is 0 Å². The number of rotatable bonds is 4. The van der Waals surface area contributed by atoms with E-state index in [4.69, 9.17) is 5.11 Å². The van der Waals surface area contributed by atoms with Crippen LogP contribution in [0, 0.1) is 11.3 Å². The number of nitrogens with zero attached hydrogens (tertiary/aromatic N) is 1. The van der Waals surface area contributed by atoms with Crippen molar-refractivity contribution in [1.29, 1.82) is 0 Å². The highest BCUT2D eigenvalue weighted by atomic mass is 16.4. The van der Waals surface area contributed by atoms with Crippen molar-refractivity contribution in [3.05, 3.63) is 0 Å². The number of hydrogen-bond donors (Lipinski definition) is 2. The third-order valence-electron chi connectivity index (χ3n) is 4.77. The molecule has 1 amide bonds. The van der Waals surface area contributed by atoms with Crippen LogP contribution in [-0.4, -0.2) is 47.6 Å². The van der Waals surface area contributed by atoms with Crippen molar-refractivity contribution < 1.29 is 14.7 Å². The molecule has 0 bridgehead atoms. The topological polar surface area (TPSA) is 69.6 Å². The maximum absolute atomic E-state index is 12.9. The lowest BCUT2D eigenvalue weighted by molar-refractivity contribution is -0.146. The van der Waals surface area contributed by atoms with Crippen molar-refractivity contribution in [2.24, 2.45) is 11.3 Å². The van der Waals surface area contributed by atoms with Crippen molar-refractivity contribution in [3.63, 3.8) is 0 Å². The molecule has 0 aromatic heterocycles. The van der Waals surface area contributed by atoms with E-state index in [0.29, 0.717) is 6.54 Å². The molecule has 0 radical (unpaired) electrons. The van der Waals surface area contributed by atoms with E-state index in [9.17, 15) is 9.59 Å². The summed E-state index contributed by atoms with van der Waals surface area (Å²) in [4.78, 5) is 25.6. The molecule has 2 N–H and O–H groups in total. The molecule has 2 heterocycles. The maximum Gasteiger partial charge on any atom is 0.305 e. The first-order valence-electron chi connectivity index (χ1n) is 7.21. The minimum Gasteiger partial charge on any atom is -0.481 e. The third kappa shape index (κ3) is 2.61. The van der Waals surface area contributed by atoms with Crippen LogP contribution < -0.4 is 5.32 Å². The molecule has 5 nitrogen and oxygen atoms in total. The molecule has 19 heavy (non-hydrogen) atoms. The molecule has 5 heteroatoms. The molecule has 0 aromatic carbocycles. The molecule has 0 aromatic rings. The van der Waals surface area contributed by atoms with Crippen molar-refractivity contribution in [2.45, 2.75) is 45.6 Å². The number of carbonyl (C=O) groups is 2. The summed E-state index contributed by atoms with van der Waals surface area (Å²) < 4.78 is 0. The van der Waals surface area contributed by atoms with E-state index in [1.807, 2.05) is 4.90 Å². The molecule has 2 fully saturated rings. The average molecular weight is 268 g/mol. The smallest absolute Gasteiger partial charge is 0.305 e. The first-order chi connectivity index (χ1) is 8.97. The molecular formula is C14H24N2O3. The SMILES string of the molecule is CC(C)C1(C(=O)N2CCCC2CC(=O)O)CCNC1. The van der Waals surface area contributed by atoms with Crippen LogP contribution in [-0.2, 0) is 9.59 Å². The van der Waals surface area contributed by atoms with Gasteiger partial charge in [-0.15, -0.1) is 0 Å². The highest BCUT2D eigenvalue weighted by Gasteiger charge is 2.48. The van der Waals surface area contributed by atoms with Crippen LogP contribution in [0.15, 0.2) is 0 Å². The largest absolute Gasteiger partial charge is 0.481 e. The Morgan fingerprint density at radius 1 is 1.47 bits per heavy atom. The van der Waals surface area contributed by atoms with E-state index < -0.39 is 5.97 Å². The Labute approximate surface area is 114 Å². The Balaban J connectivity index is 2.15. The fraction of sp³-hybridized carbons (Fsp3) is 0.857. The number of nitrogens with one attached hydrogen (secondary N) is 1. The van der Waals surface area contributed by atoms with E-state index in [-0.39, 0.29) is 29.7 Å². The number of hydrogen-bond acceptors (Lipinski definition) is 3. The van der Waals surface area contributed by atoms with Gasteiger partial charge in [-0.25, -0.2) is 0 Å². The quantitative estimate of drug-likeness (QED) is 0.800. The summed E-state index contributed by atoms with van der Waals surface area (Å²) in [6, 6.07) is -0.110. The monoisotopic (exact) mass is 268 g/mol. The maximum atomic E-state index is 12.9. The highest BCUT2D eigenvalue weighted by Crippen LogP contribution is 2.38. The molecule has 2 atom stereocenters. The summed E-state index contributed by atoms with van der Waals surface area (Å²) >= 11 is 0. The van der Waals surface area contributed by atoms with Crippen molar-refractivity contribution >= 4 is 11.9 Å². The van der Waals surface area contributed by atoms with Crippen molar-refractivity contribution in [1.82, 2.24) is 10.2 Å². The Hall–Kier alpha value is -1.10. The number of carboxylic acid groups (broad SMARTS) is 1. The molecule has 0 saturated carbocycles. The van der Waals surface area contributed by atoms with Crippen LogP contribution in [0.4, 0.5) is 0 Å². The van der Waals surface area contributed by atoms with Gasteiger partial charge in [0.25, 0.3) is 0 Å². The molecule has 2 rings (SSSR count). The molecule has 2 saturated heterocycles. The lowest BCUT2D eigenvalue weighted by Crippen LogP contribution is -2.50. The van der Waals surface area contributed by atoms with Crippen LogP contribution in [0.2, 0.25) is 0 Å². The minimum atomic E-state index is -0.812. The molecule has 0 spiro atoms. The van der Waals surface area contributed by atoms with Crippen LogP contribution in [0.25, 0.3) is 0 Å². The van der Waals surface area contributed by atoms with Gasteiger partial charge in [-0.2, -0.15) is 0 Å². The van der Waals surface area contributed by atoms with Crippen molar-refractivity contribution in [3.8, 4) is 0 Å². The van der Waals surface area contributed by atoms with Gasteiger partial charge in [0, 0.05) is 19.1 Å². The third-order valence-corrected chi connectivity index (χ3v) is 4.77. The van der Waals surface area contributed by atoms with Gasteiger partial charge in [0.2, 0.25) is 5.91 Å². The molecule has 0 aliphatic carbocycles. The minimum absolute atomic E-state index is 0.0767. The van der Waals surface area contributed by atoms with E-state index in [1.165, 1.54) is 0 Å². The Bertz CT molecular complexity index is 362. The number of aliphatic carboxylic acids is 1. The molecular weight excluding hydrogens is 244 g/mol. The second-order valence-electron chi connectivity index (χ2n) is 6.13. The first kappa shape index (κ1) is 14.3. The van der Waals surface area contributed by atoms with Gasteiger partial charge in [-0.05, 0) is 31.7 Å². The van der Waals surface area contributed by atoms with Crippen LogP contribution in [0.3, 0.4) is 0 Å². The number of carboxylic acids is 1. The summed E-state index contributed by atoms with van der Waals surface area (Å²) in [6.07, 6.45) is 2.68. The summed E-state index contributed by atoms with van der Waals surface area (Å²) in [7, 11) is 0. The average Bonchev–Trinajstić information content (AvgIpc) is 2.95. The lowest BCUT2D eigenvalue weighted by Gasteiger charge is -2.37. The van der Waals surface area contributed by atoms with Crippen molar-refractivity contribution in [2.75, 3.05) is 19.6 Å². The Morgan fingerprint density at radius 2 is 2.21 bits per heavy atom. The Morgan fingerprint density at radius 3 is 2.74 bits per heavy atom. The fourth-order valence-corrected chi connectivity index (χ4v) is 3.44. The van der Waals surface area contributed by atoms with Crippen LogP contribution >= 0.6 is 0 Å². The van der Waals surface area contributed by atoms with Gasteiger partial charge in [0.1, 0.15) is 0 Å². The summed E-state index contributed by atoms with van der Waals surface area (Å²) in [6.45, 7) is 6.49. The fourth-order valence-electron chi connectivity index (χ4n) is 3.44. The Kier molecular flexibility index (Phi) is 4.13. The number of likely N-dealkylation sites (tertiary alicyclic amines) is 1. The molecule has 2 aliphatic rings. The normalized spacial score (nSPS) is 31.1. The standard InChI is InChI=1S/C14H24N2O3/c1-10(2)14(5-6-15-9-14)13(19)16-7-3-4-11(16)8-12(17)18/h10-11,15H,3-9H2,1-2H3,(H,17,18). The molecule has 108 valence electrons. The number of carbonyl (C=O) groups excluding carboxylic acids is 1. The molecule has 2 unspecified atom stereocenters. The second kappa shape index (κ2) is 5.49. The van der Waals surface area contributed by atoms with E-state index >= 15 is 0 Å². The van der Waals surface area contributed by atoms with Gasteiger partial charge in [0.05, 0.1) is 11.8 Å². The lowest BCUT2D eigenvalue weighted by atomic mass is 9.75. The van der Waals surface area contributed by atoms with Crippen LogP contribution in [0.5, 0.6) is 0 Å². The summed E-state index contributed by atoms with van der Waals surface area (Å²) in [5.41, 5.74) is -0.332. The van der Waals surface area contributed by atoms with Gasteiger partial charge >= 0.3 is 5.97 Å². The highest BCUT2D eigenvalue weighted by molar-refractivity contribution is 5.85. The predicted molar refractivity (Wildman–Crippen MR) is 71.7 cm³/mol. The molecule has 2 aliphatic heterocycles. The van der Waals surface area contributed by atoms with E-state index in [0.717, 1.165) is 32.4 Å². The van der Waals surface area contributed by atoms with Gasteiger partial charge < -0.3 is 15.3 Å². The second-order valence-corrected chi connectivity index (χ2v) is 6.13. The van der Waals surface area contributed by atoms with Gasteiger partial charge in [0.15, 0.2) is 0 Å². The van der Waals surface area contributed by atoms with Crippen LogP contribution in [0.1, 0.15) is 39.5 Å². The van der Waals surface area contributed by atoms with E-state index in [2.05, 4.69) is 19.2 Å². The van der Waals surface area contributed by atoms with Gasteiger partial charge in [-0.1, -0.05) is 13.8 Å². The zero-order valence-electron chi connectivity index (χ0n) is 11.8. The first-order valence-corrected chi connectivity index (χ1v) is 7.21. The number of amides is 1. The summed E-state index contributed by atoms with van der Waals surface area (Å²) in [5.74, 6) is -0.370. The van der Waals surface area contributed by atoms with Gasteiger partial charge in [-0.3, -0.25) is 9.59 Å². The zero-order valence-corrected chi connectivity index (χ0v) is 11.8. The predicted octanol–water partition coefficient (Wildman–Crippen LogP) is 1.09. The summed E-state index contributed by atoms with van der Waals surface area (Å²) in [5, 5.41) is 12.3. The zero-order chi connectivity index (χ0) is 14.0.